The van der Waals surface area contributed by atoms with E-state index < -0.39 is 0 Å². The Morgan fingerprint density at radius 1 is 1.46 bits per heavy atom. The molecule has 0 bridgehead atoms. The van der Waals surface area contributed by atoms with E-state index in [9.17, 15) is 5.11 Å². The summed E-state index contributed by atoms with van der Waals surface area (Å²) in [4.78, 5) is 0. The monoisotopic (exact) mass is 176 g/mol. The zero-order valence-electron chi connectivity index (χ0n) is 7.49. The van der Waals surface area contributed by atoms with Gasteiger partial charge in [-0.2, -0.15) is 0 Å². The Hall–Kier alpha value is -1.70. The fourth-order valence-corrected chi connectivity index (χ4v) is 1.06. The molecule has 1 aromatic rings. The first-order valence-corrected chi connectivity index (χ1v) is 3.96. The molecule has 0 fully saturated rings. The molecule has 0 spiro atoms. The van der Waals surface area contributed by atoms with E-state index >= 15 is 0 Å². The van der Waals surface area contributed by atoms with Crippen LogP contribution in [0.15, 0.2) is 36.6 Å². The zero-order chi connectivity index (χ0) is 9.84. The predicted molar refractivity (Wildman–Crippen MR) is 53.6 cm³/mol. The van der Waals surface area contributed by atoms with Crippen molar-refractivity contribution < 1.29 is 10.2 Å². The molecule has 0 aliphatic heterocycles. The van der Waals surface area contributed by atoms with Crippen LogP contribution in [0.2, 0.25) is 0 Å². The second-order valence-electron chi connectivity index (χ2n) is 2.83. The Morgan fingerprint density at radius 3 is 2.69 bits per heavy atom. The summed E-state index contributed by atoms with van der Waals surface area (Å²) in [6.07, 6.45) is 3.08. The lowest BCUT2D eigenvalue weighted by Crippen LogP contribution is -1.81. The first-order chi connectivity index (χ1) is 6.11. The van der Waals surface area contributed by atoms with Gasteiger partial charge in [0.2, 0.25) is 0 Å². The molecular formula is C11H12O2. The van der Waals surface area contributed by atoms with Crippen molar-refractivity contribution in [3.05, 3.63) is 47.7 Å². The molecule has 2 nitrogen and oxygen atoms in total. The minimum absolute atomic E-state index is 0.0253. The van der Waals surface area contributed by atoms with Gasteiger partial charge >= 0.3 is 0 Å². The van der Waals surface area contributed by atoms with Gasteiger partial charge in [0.1, 0.15) is 11.5 Å². The summed E-state index contributed by atoms with van der Waals surface area (Å²) in [5, 5.41) is 18.3. The van der Waals surface area contributed by atoms with E-state index in [1.807, 2.05) is 13.0 Å². The minimum Gasteiger partial charge on any atom is -0.509 e. The molecule has 0 aliphatic carbocycles. The van der Waals surface area contributed by atoms with E-state index in [-0.39, 0.29) is 11.5 Å². The standard InChI is InChI=1S/C11H12O2/c1-8-4-3-5-11(13)10(8)7-6-9(2)12/h3-7,12-13H,2H2,1H3/b7-6-. The molecule has 2 N–H and O–H groups in total. The lowest BCUT2D eigenvalue weighted by atomic mass is 10.1. The van der Waals surface area contributed by atoms with Gasteiger partial charge in [0, 0.05) is 5.56 Å². The van der Waals surface area contributed by atoms with Crippen LogP contribution in [-0.2, 0) is 0 Å². The molecule has 0 atom stereocenters. The summed E-state index contributed by atoms with van der Waals surface area (Å²) in [5.74, 6) is 0.181. The highest BCUT2D eigenvalue weighted by molar-refractivity contribution is 5.61. The summed E-state index contributed by atoms with van der Waals surface area (Å²) >= 11 is 0. The fourth-order valence-electron chi connectivity index (χ4n) is 1.06. The molecular weight excluding hydrogens is 164 g/mol. The van der Waals surface area contributed by atoms with Gasteiger partial charge in [0.15, 0.2) is 0 Å². The van der Waals surface area contributed by atoms with Gasteiger partial charge in [-0.05, 0) is 30.7 Å². The maximum Gasteiger partial charge on any atom is 0.123 e. The van der Waals surface area contributed by atoms with Crippen molar-refractivity contribution in [2.75, 3.05) is 0 Å². The Balaban J connectivity index is 3.06. The Labute approximate surface area is 77.5 Å². The number of hydrogen-bond acceptors (Lipinski definition) is 2. The quantitative estimate of drug-likeness (QED) is 0.537. The van der Waals surface area contributed by atoms with E-state index in [4.69, 9.17) is 5.11 Å². The van der Waals surface area contributed by atoms with Crippen molar-refractivity contribution >= 4 is 6.08 Å². The van der Waals surface area contributed by atoms with Crippen LogP contribution < -0.4 is 0 Å². The second-order valence-corrected chi connectivity index (χ2v) is 2.83. The Kier molecular flexibility index (Phi) is 2.75. The third-order valence-electron chi connectivity index (χ3n) is 1.74. The number of aromatic hydroxyl groups is 1. The average molecular weight is 176 g/mol. The van der Waals surface area contributed by atoms with Crippen LogP contribution in [0.25, 0.3) is 6.08 Å². The molecule has 0 amide bonds. The number of aliphatic hydroxyl groups is 1. The lowest BCUT2D eigenvalue weighted by molar-refractivity contribution is 0.436. The van der Waals surface area contributed by atoms with Crippen molar-refractivity contribution in [3.63, 3.8) is 0 Å². The molecule has 1 rings (SSSR count). The SMILES string of the molecule is C=C(O)/C=C\c1c(C)cccc1O. The Morgan fingerprint density at radius 2 is 2.15 bits per heavy atom. The van der Waals surface area contributed by atoms with Gasteiger partial charge in [0.25, 0.3) is 0 Å². The number of hydrogen-bond donors (Lipinski definition) is 2. The summed E-state index contributed by atoms with van der Waals surface area (Å²) < 4.78 is 0. The van der Waals surface area contributed by atoms with Gasteiger partial charge in [0.05, 0.1) is 0 Å². The summed E-state index contributed by atoms with van der Waals surface area (Å²) in [7, 11) is 0. The fraction of sp³-hybridized carbons (Fsp3) is 0.0909. The molecule has 0 saturated carbocycles. The molecule has 68 valence electrons. The number of aryl methyl sites for hydroxylation is 1. The lowest BCUT2D eigenvalue weighted by Gasteiger charge is -2.02. The van der Waals surface area contributed by atoms with Gasteiger partial charge in [-0.3, -0.25) is 0 Å². The van der Waals surface area contributed by atoms with E-state index in [0.717, 1.165) is 5.56 Å². The van der Waals surface area contributed by atoms with E-state index in [0.29, 0.717) is 5.56 Å². The Bertz CT molecular complexity index is 331. The maximum atomic E-state index is 9.44. The number of allylic oxidation sites excluding steroid dienone is 1. The maximum absolute atomic E-state index is 9.44. The van der Waals surface area contributed by atoms with Crippen molar-refractivity contribution in [2.45, 2.75) is 6.92 Å². The third-order valence-corrected chi connectivity index (χ3v) is 1.74. The van der Waals surface area contributed by atoms with Crippen LogP contribution in [0.4, 0.5) is 0 Å². The van der Waals surface area contributed by atoms with Crippen LogP contribution in [0.1, 0.15) is 11.1 Å². The average Bonchev–Trinajstić information content (AvgIpc) is 2.03. The summed E-state index contributed by atoms with van der Waals surface area (Å²) in [5.41, 5.74) is 1.66. The molecule has 1 aromatic carbocycles. The molecule has 0 unspecified atom stereocenters. The number of benzene rings is 1. The molecule has 0 aromatic heterocycles. The summed E-state index contributed by atoms with van der Waals surface area (Å²) in [6.45, 7) is 5.21. The highest BCUT2D eigenvalue weighted by atomic mass is 16.3. The van der Waals surface area contributed by atoms with Crippen molar-refractivity contribution in [1.29, 1.82) is 0 Å². The van der Waals surface area contributed by atoms with Gasteiger partial charge in [-0.15, -0.1) is 0 Å². The molecule has 13 heavy (non-hydrogen) atoms. The van der Waals surface area contributed by atoms with Crippen LogP contribution >= 0.6 is 0 Å². The van der Waals surface area contributed by atoms with Crippen LogP contribution in [0.3, 0.4) is 0 Å². The van der Waals surface area contributed by atoms with E-state index in [1.54, 1.807) is 18.2 Å². The molecule has 0 radical (unpaired) electrons. The highest BCUT2D eigenvalue weighted by Crippen LogP contribution is 2.21. The molecule has 0 aliphatic rings. The molecule has 2 heteroatoms. The highest BCUT2D eigenvalue weighted by Gasteiger charge is 1.99. The minimum atomic E-state index is -0.0253. The van der Waals surface area contributed by atoms with Crippen LogP contribution in [0, 0.1) is 6.92 Å². The largest absolute Gasteiger partial charge is 0.509 e. The smallest absolute Gasteiger partial charge is 0.123 e. The van der Waals surface area contributed by atoms with Gasteiger partial charge in [-0.1, -0.05) is 18.7 Å². The summed E-state index contributed by atoms with van der Waals surface area (Å²) in [6, 6.07) is 5.27. The van der Waals surface area contributed by atoms with Crippen LogP contribution in [-0.4, -0.2) is 10.2 Å². The van der Waals surface area contributed by atoms with Crippen molar-refractivity contribution in [3.8, 4) is 5.75 Å². The number of aliphatic hydroxyl groups excluding tert-OH is 1. The topological polar surface area (TPSA) is 40.5 Å². The number of phenols is 1. The first-order valence-electron chi connectivity index (χ1n) is 3.96. The molecule has 0 heterocycles. The van der Waals surface area contributed by atoms with Crippen LogP contribution in [0.5, 0.6) is 5.75 Å². The van der Waals surface area contributed by atoms with E-state index in [1.165, 1.54) is 6.08 Å². The number of rotatable bonds is 2. The van der Waals surface area contributed by atoms with Crippen molar-refractivity contribution in [2.24, 2.45) is 0 Å². The van der Waals surface area contributed by atoms with Gasteiger partial charge in [-0.25, -0.2) is 0 Å². The first kappa shape index (κ1) is 9.39. The molecule has 0 saturated heterocycles. The van der Waals surface area contributed by atoms with Gasteiger partial charge < -0.3 is 10.2 Å². The van der Waals surface area contributed by atoms with E-state index in [2.05, 4.69) is 6.58 Å². The normalized spacial score (nSPS) is 10.5. The number of phenolic OH excluding ortho intramolecular Hbond substituents is 1. The third kappa shape index (κ3) is 2.37. The predicted octanol–water partition coefficient (Wildman–Crippen LogP) is 2.79. The second kappa shape index (κ2) is 3.81. The zero-order valence-corrected chi connectivity index (χ0v) is 7.49. The van der Waals surface area contributed by atoms with Crippen molar-refractivity contribution in [1.82, 2.24) is 0 Å².